The number of nitrogens with one attached hydrogen (secondary N) is 1. The molecule has 3 atom stereocenters. The maximum Gasteiger partial charge on any atom is 0.410 e. The van der Waals surface area contributed by atoms with Crippen LogP contribution in [0.3, 0.4) is 0 Å². The molecule has 1 saturated carbocycles. The zero-order chi connectivity index (χ0) is 25.6. The topological polar surface area (TPSA) is 143 Å². The van der Waals surface area contributed by atoms with E-state index in [1.165, 1.54) is 12.0 Å². The van der Waals surface area contributed by atoms with Crippen LogP contribution in [0.2, 0.25) is 0 Å². The van der Waals surface area contributed by atoms with E-state index in [0.29, 0.717) is 29.2 Å². The molecule has 0 aromatic heterocycles. The van der Waals surface area contributed by atoms with E-state index in [9.17, 15) is 20.6 Å². The van der Waals surface area contributed by atoms with Gasteiger partial charge in [-0.25, -0.2) is 4.79 Å². The summed E-state index contributed by atoms with van der Waals surface area (Å²) in [5.74, 6) is -1.38. The highest BCUT2D eigenvalue weighted by Gasteiger charge is 2.58. The van der Waals surface area contributed by atoms with Gasteiger partial charge in [-0.05, 0) is 36.6 Å². The maximum atomic E-state index is 12.5. The summed E-state index contributed by atoms with van der Waals surface area (Å²) >= 11 is 0. The Bertz CT molecular complexity index is 1130. The van der Waals surface area contributed by atoms with E-state index in [1.54, 1.807) is 31.2 Å². The molecule has 1 fully saturated rings. The molecule has 0 bridgehead atoms. The number of carbonyl (C=O) groups excluding carboxylic acids is 1. The van der Waals surface area contributed by atoms with Gasteiger partial charge < -0.3 is 24.5 Å². The summed E-state index contributed by atoms with van der Waals surface area (Å²) in [5.41, 5.74) is -0.901. The van der Waals surface area contributed by atoms with Gasteiger partial charge in [0.25, 0.3) is 0 Å². The van der Waals surface area contributed by atoms with E-state index in [0.717, 1.165) is 12.8 Å². The van der Waals surface area contributed by atoms with Crippen molar-refractivity contribution < 1.29 is 19.0 Å². The Morgan fingerprint density at radius 1 is 1.23 bits per heavy atom. The van der Waals surface area contributed by atoms with Gasteiger partial charge >= 0.3 is 6.09 Å². The smallest absolute Gasteiger partial charge is 0.410 e. The summed E-state index contributed by atoms with van der Waals surface area (Å²) in [7, 11) is 1.51. The number of nitrogens with zero attached hydrogens (tertiary/aromatic N) is 4. The van der Waals surface area contributed by atoms with Crippen molar-refractivity contribution in [3.05, 3.63) is 35.4 Å². The summed E-state index contributed by atoms with van der Waals surface area (Å²) in [4.78, 5) is 14.0. The quantitative estimate of drug-likeness (QED) is 0.460. The van der Waals surface area contributed by atoms with Crippen LogP contribution in [0.15, 0.2) is 29.8 Å². The number of fused-ring (bicyclic) bond motifs is 1. The first kappa shape index (κ1) is 25.6. The maximum absolute atomic E-state index is 12.5. The van der Waals surface area contributed by atoms with Crippen LogP contribution in [0.25, 0.3) is 0 Å². The van der Waals surface area contributed by atoms with Gasteiger partial charge in [0.2, 0.25) is 0 Å². The minimum absolute atomic E-state index is 0.156. The minimum Gasteiger partial charge on any atom is -0.493 e. The highest BCUT2D eigenvalue weighted by Crippen LogP contribution is 2.54. The van der Waals surface area contributed by atoms with E-state index in [2.05, 4.69) is 25.1 Å². The first-order valence-corrected chi connectivity index (χ1v) is 11.7. The van der Waals surface area contributed by atoms with Gasteiger partial charge in [-0.2, -0.15) is 15.8 Å². The van der Waals surface area contributed by atoms with Crippen molar-refractivity contribution >= 4 is 11.8 Å². The van der Waals surface area contributed by atoms with E-state index in [-0.39, 0.29) is 25.4 Å². The highest BCUT2D eigenvalue weighted by atomic mass is 16.6. The molecule has 35 heavy (non-hydrogen) atoms. The van der Waals surface area contributed by atoms with Crippen LogP contribution in [-0.4, -0.2) is 50.1 Å². The second-order valence-electron chi connectivity index (χ2n) is 8.51. The summed E-state index contributed by atoms with van der Waals surface area (Å²) in [6.45, 7) is 4.89. The Kier molecular flexibility index (Phi) is 7.99. The molecule has 0 radical (unpaired) electrons. The van der Waals surface area contributed by atoms with E-state index >= 15 is 0 Å². The third-order valence-corrected chi connectivity index (χ3v) is 6.62. The number of hydrogen-bond donors (Lipinski definition) is 1. The van der Waals surface area contributed by atoms with Gasteiger partial charge in [0.05, 0.1) is 44.2 Å². The van der Waals surface area contributed by atoms with Crippen LogP contribution in [0.5, 0.6) is 11.5 Å². The van der Waals surface area contributed by atoms with Crippen molar-refractivity contribution in [3.8, 4) is 29.7 Å². The van der Waals surface area contributed by atoms with Crippen LogP contribution in [0, 0.1) is 56.7 Å². The molecule has 0 saturated heterocycles. The number of methoxy groups -OCH3 is 1. The molecule has 9 heteroatoms. The number of ether oxygens (including phenoxy) is 3. The fourth-order valence-electron chi connectivity index (χ4n) is 4.87. The van der Waals surface area contributed by atoms with Crippen molar-refractivity contribution in [2.45, 2.75) is 32.6 Å². The Balaban J connectivity index is 2.15. The second kappa shape index (κ2) is 10.9. The highest BCUT2D eigenvalue weighted by molar-refractivity contribution is 6.01. The predicted molar refractivity (Wildman–Crippen MR) is 127 cm³/mol. The third kappa shape index (κ3) is 4.53. The van der Waals surface area contributed by atoms with Crippen molar-refractivity contribution in [1.29, 1.82) is 21.2 Å². The van der Waals surface area contributed by atoms with Crippen LogP contribution in [0.1, 0.15) is 38.2 Å². The zero-order valence-corrected chi connectivity index (χ0v) is 20.2. The normalized spacial score (nSPS) is 22.5. The number of amides is 1. The molecule has 1 aliphatic carbocycles. The molecule has 1 N–H and O–H groups in total. The monoisotopic (exact) mass is 475 g/mol. The number of hydrogen-bond acceptors (Lipinski definition) is 8. The standard InChI is InChI=1S/C26H29N5O4/c1-4-6-11-35-21-8-7-17(12-22(21)33-3)23-20-14-31(25(32)34-5-2)10-9-18(20)19(13-27)24(30)26(23,15-28)16-29/h7-9,12,19-20,23,30H,4-6,10-11,14H2,1-3H3. The Morgan fingerprint density at radius 3 is 2.57 bits per heavy atom. The van der Waals surface area contributed by atoms with Gasteiger partial charge in [-0.15, -0.1) is 0 Å². The Morgan fingerprint density at radius 2 is 1.97 bits per heavy atom. The molecule has 1 aromatic rings. The fraction of sp³-hybridized carbons (Fsp3) is 0.500. The molecular weight excluding hydrogens is 446 g/mol. The molecule has 0 spiro atoms. The number of nitriles is 3. The molecular formula is C26H29N5O4. The van der Waals surface area contributed by atoms with Crippen LogP contribution < -0.4 is 9.47 Å². The van der Waals surface area contributed by atoms with E-state index < -0.39 is 29.3 Å². The summed E-state index contributed by atoms with van der Waals surface area (Å²) in [6, 6.07) is 11.4. The predicted octanol–water partition coefficient (Wildman–Crippen LogP) is 4.18. The first-order valence-electron chi connectivity index (χ1n) is 11.7. The molecule has 1 amide bonds. The third-order valence-electron chi connectivity index (χ3n) is 6.62. The molecule has 1 heterocycles. The van der Waals surface area contributed by atoms with Gasteiger partial charge in [0, 0.05) is 24.9 Å². The molecule has 2 aliphatic rings. The molecule has 1 aromatic carbocycles. The fourth-order valence-corrected chi connectivity index (χ4v) is 4.87. The Hall–Kier alpha value is -4.03. The first-order chi connectivity index (χ1) is 16.9. The lowest BCUT2D eigenvalue weighted by molar-refractivity contribution is 0.0992. The van der Waals surface area contributed by atoms with Crippen molar-refractivity contribution in [3.63, 3.8) is 0 Å². The lowest BCUT2D eigenvalue weighted by Gasteiger charge is -2.47. The number of carbonyl (C=O) groups is 1. The van der Waals surface area contributed by atoms with E-state index in [4.69, 9.17) is 19.6 Å². The average Bonchev–Trinajstić information content (AvgIpc) is 2.88. The van der Waals surface area contributed by atoms with Crippen LogP contribution >= 0.6 is 0 Å². The van der Waals surface area contributed by atoms with Gasteiger partial charge in [-0.1, -0.05) is 25.5 Å². The number of rotatable bonds is 7. The second-order valence-corrected chi connectivity index (χ2v) is 8.51. The SMILES string of the molecule is CCCCOc1ccc(C2C3CN(C(=O)OCC)CC=C3C(C#N)C(=N)C2(C#N)C#N)cc1OC. The lowest BCUT2D eigenvalue weighted by Crippen LogP contribution is -2.53. The van der Waals surface area contributed by atoms with Crippen LogP contribution in [-0.2, 0) is 4.74 Å². The van der Waals surface area contributed by atoms with Crippen LogP contribution in [0.4, 0.5) is 4.79 Å². The summed E-state index contributed by atoms with van der Waals surface area (Å²) in [6.07, 6.45) is 3.10. The van der Waals surface area contributed by atoms with E-state index in [1.807, 2.05) is 0 Å². The van der Waals surface area contributed by atoms with Crippen molar-refractivity contribution in [2.24, 2.45) is 17.3 Å². The Labute approximate surface area is 205 Å². The largest absolute Gasteiger partial charge is 0.493 e. The minimum atomic E-state index is -1.89. The molecule has 3 rings (SSSR count). The van der Waals surface area contributed by atoms with Gasteiger partial charge in [0.1, 0.15) is 5.92 Å². The van der Waals surface area contributed by atoms with Gasteiger partial charge in [-0.3, -0.25) is 0 Å². The zero-order valence-electron chi connectivity index (χ0n) is 20.2. The number of unbranched alkanes of at least 4 members (excludes halogenated alkanes) is 1. The molecule has 1 aliphatic heterocycles. The average molecular weight is 476 g/mol. The molecule has 3 unspecified atom stereocenters. The van der Waals surface area contributed by atoms with Crippen molar-refractivity contribution in [1.82, 2.24) is 4.90 Å². The van der Waals surface area contributed by atoms with Gasteiger partial charge in [0.15, 0.2) is 16.9 Å². The molecule has 182 valence electrons. The number of benzene rings is 1. The summed E-state index contributed by atoms with van der Waals surface area (Å²) < 4.78 is 16.5. The lowest BCUT2D eigenvalue weighted by atomic mass is 9.54. The van der Waals surface area contributed by atoms with Crippen molar-refractivity contribution in [2.75, 3.05) is 33.4 Å². The summed E-state index contributed by atoms with van der Waals surface area (Å²) in [5, 5.41) is 39.1. The molecule has 9 nitrogen and oxygen atoms in total.